The van der Waals surface area contributed by atoms with Gasteiger partial charge in [-0.05, 0) is 59.6 Å². The summed E-state index contributed by atoms with van der Waals surface area (Å²) in [6.07, 6.45) is -0.214. The Labute approximate surface area is 198 Å². The number of hydrogen-bond acceptors (Lipinski definition) is 4. The van der Waals surface area contributed by atoms with Crippen LogP contribution >= 0.6 is 24.0 Å². The van der Waals surface area contributed by atoms with Gasteiger partial charge in [-0.3, -0.25) is 4.99 Å². The van der Waals surface area contributed by atoms with Crippen molar-refractivity contribution in [3.05, 3.63) is 35.4 Å². The fourth-order valence-corrected chi connectivity index (χ4v) is 2.35. The number of aliphatic imine (C=N–C) groups is 1. The van der Waals surface area contributed by atoms with E-state index in [1.165, 1.54) is 0 Å². The third-order valence-corrected chi connectivity index (χ3v) is 3.83. The Morgan fingerprint density at radius 2 is 1.60 bits per heavy atom. The number of ether oxygens (including phenoxy) is 2. The van der Waals surface area contributed by atoms with E-state index in [1.54, 1.807) is 7.05 Å². The number of hydrogen-bond donors (Lipinski definition) is 3. The maximum Gasteiger partial charge on any atom is 0.408 e. The molecule has 0 fully saturated rings. The number of benzene rings is 1. The predicted octanol–water partition coefficient (Wildman–Crippen LogP) is 4.20. The highest BCUT2D eigenvalue weighted by molar-refractivity contribution is 14.0. The van der Waals surface area contributed by atoms with Gasteiger partial charge in [0.2, 0.25) is 0 Å². The smallest absolute Gasteiger partial charge is 0.408 e. The van der Waals surface area contributed by atoms with Crippen LogP contribution in [-0.4, -0.2) is 42.9 Å². The van der Waals surface area contributed by atoms with Gasteiger partial charge in [-0.2, -0.15) is 0 Å². The van der Waals surface area contributed by atoms with Crippen LogP contribution < -0.4 is 16.0 Å². The van der Waals surface area contributed by atoms with Crippen LogP contribution in [0.3, 0.4) is 0 Å². The van der Waals surface area contributed by atoms with Crippen molar-refractivity contribution in [2.45, 2.75) is 78.9 Å². The SMILES string of the molecule is CN=C(NCc1ccc(COC(C)C)cc1)NCC(C)(C)NC(=O)OC(C)(C)C.I. The van der Waals surface area contributed by atoms with E-state index >= 15 is 0 Å². The second kappa shape index (κ2) is 13.0. The predicted molar refractivity (Wildman–Crippen MR) is 133 cm³/mol. The van der Waals surface area contributed by atoms with Crippen molar-refractivity contribution in [1.29, 1.82) is 0 Å². The topological polar surface area (TPSA) is 84.0 Å². The second-order valence-corrected chi connectivity index (χ2v) is 8.97. The summed E-state index contributed by atoms with van der Waals surface area (Å²) in [5.41, 5.74) is 1.27. The summed E-state index contributed by atoms with van der Waals surface area (Å²) in [4.78, 5) is 16.2. The summed E-state index contributed by atoms with van der Waals surface area (Å²) in [7, 11) is 1.72. The first-order chi connectivity index (χ1) is 13.4. The quantitative estimate of drug-likeness (QED) is 0.265. The standard InChI is InChI=1S/C22H38N4O3.HI/c1-16(2)28-14-18-11-9-17(10-12-18)13-24-19(23-8)25-15-22(6,7)26-20(27)29-21(3,4)5;/h9-12,16H,13-15H2,1-8H3,(H,26,27)(H2,23,24,25);1H. The molecule has 0 saturated heterocycles. The molecular formula is C22H39IN4O3. The molecule has 0 aliphatic carbocycles. The number of nitrogens with one attached hydrogen (secondary N) is 3. The Kier molecular flexibility index (Phi) is 12.3. The highest BCUT2D eigenvalue weighted by Crippen LogP contribution is 2.09. The van der Waals surface area contributed by atoms with Crippen LogP contribution in [0.5, 0.6) is 0 Å². The molecule has 1 rings (SSSR count). The van der Waals surface area contributed by atoms with E-state index in [-0.39, 0.29) is 30.1 Å². The minimum atomic E-state index is -0.526. The minimum absolute atomic E-state index is 0. The molecule has 30 heavy (non-hydrogen) atoms. The molecule has 1 aromatic carbocycles. The Balaban J connectivity index is 0.00000841. The average Bonchev–Trinajstić information content (AvgIpc) is 2.58. The maximum atomic E-state index is 12.0. The molecule has 1 amide bonds. The van der Waals surface area contributed by atoms with Crippen molar-refractivity contribution < 1.29 is 14.3 Å². The highest BCUT2D eigenvalue weighted by atomic mass is 127. The Morgan fingerprint density at radius 3 is 2.10 bits per heavy atom. The van der Waals surface area contributed by atoms with Crippen molar-refractivity contribution in [3.8, 4) is 0 Å². The zero-order valence-electron chi connectivity index (χ0n) is 19.6. The molecule has 0 radical (unpaired) electrons. The number of halogens is 1. The molecule has 0 aliphatic heterocycles. The lowest BCUT2D eigenvalue weighted by atomic mass is 10.1. The van der Waals surface area contributed by atoms with Gasteiger partial charge in [0.25, 0.3) is 0 Å². The van der Waals surface area contributed by atoms with Gasteiger partial charge in [-0.15, -0.1) is 24.0 Å². The van der Waals surface area contributed by atoms with Gasteiger partial charge in [0.1, 0.15) is 5.60 Å². The van der Waals surface area contributed by atoms with Crippen LogP contribution in [0.15, 0.2) is 29.3 Å². The van der Waals surface area contributed by atoms with Gasteiger partial charge < -0.3 is 25.4 Å². The summed E-state index contributed by atoms with van der Waals surface area (Å²) >= 11 is 0. The number of carbonyl (C=O) groups excluding carboxylic acids is 1. The molecule has 172 valence electrons. The van der Waals surface area contributed by atoms with Crippen LogP contribution in [0, 0.1) is 0 Å². The molecule has 0 unspecified atom stereocenters. The third kappa shape index (κ3) is 12.9. The van der Waals surface area contributed by atoms with E-state index in [0.29, 0.717) is 25.7 Å². The normalized spacial score (nSPS) is 12.2. The van der Waals surface area contributed by atoms with Gasteiger partial charge >= 0.3 is 6.09 Å². The molecule has 0 aromatic heterocycles. The molecule has 0 aliphatic rings. The lowest BCUT2D eigenvalue weighted by molar-refractivity contribution is 0.0474. The Morgan fingerprint density at radius 1 is 1.03 bits per heavy atom. The van der Waals surface area contributed by atoms with E-state index in [2.05, 4.69) is 45.2 Å². The summed E-state index contributed by atoms with van der Waals surface area (Å²) in [5.74, 6) is 0.663. The van der Waals surface area contributed by atoms with Crippen molar-refractivity contribution in [1.82, 2.24) is 16.0 Å². The van der Waals surface area contributed by atoms with Crippen molar-refractivity contribution >= 4 is 36.0 Å². The fourth-order valence-electron chi connectivity index (χ4n) is 2.35. The van der Waals surface area contributed by atoms with Crippen LogP contribution in [0.25, 0.3) is 0 Å². The summed E-state index contributed by atoms with van der Waals surface area (Å²) < 4.78 is 10.9. The highest BCUT2D eigenvalue weighted by Gasteiger charge is 2.24. The summed E-state index contributed by atoms with van der Waals surface area (Å²) in [6.45, 7) is 15.2. The van der Waals surface area contributed by atoms with Crippen molar-refractivity contribution in [2.24, 2.45) is 4.99 Å². The van der Waals surface area contributed by atoms with Gasteiger partial charge in [0.15, 0.2) is 5.96 Å². The molecule has 7 nitrogen and oxygen atoms in total. The van der Waals surface area contributed by atoms with Gasteiger partial charge in [0, 0.05) is 20.1 Å². The lowest BCUT2D eigenvalue weighted by Gasteiger charge is -2.29. The zero-order chi connectivity index (χ0) is 22.1. The number of nitrogens with zero attached hydrogens (tertiary/aromatic N) is 1. The average molecular weight is 534 g/mol. The number of alkyl carbamates (subject to hydrolysis) is 1. The first kappa shape index (κ1) is 28.5. The van der Waals surface area contributed by atoms with Gasteiger partial charge in [-0.1, -0.05) is 24.3 Å². The Bertz CT molecular complexity index is 668. The van der Waals surface area contributed by atoms with Gasteiger partial charge in [0.05, 0.1) is 18.2 Å². The Hall–Kier alpha value is -1.55. The lowest BCUT2D eigenvalue weighted by Crippen LogP contribution is -2.54. The van der Waals surface area contributed by atoms with Crippen molar-refractivity contribution in [3.63, 3.8) is 0 Å². The molecule has 0 atom stereocenters. The summed E-state index contributed by atoms with van der Waals surface area (Å²) in [6, 6.07) is 8.30. The van der Waals surface area contributed by atoms with E-state index in [9.17, 15) is 4.79 Å². The van der Waals surface area contributed by atoms with Crippen LogP contribution in [0.2, 0.25) is 0 Å². The molecule has 0 bridgehead atoms. The van der Waals surface area contributed by atoms with E-state index in [4.69, 9.17) is 9.47 Å². The number of carbonyl (C=O) groups is 1. The minimum Gasteiger partial charge on any atom is -0.444 e. The van der Waals surface area contributed by atoms with Crippen LogP contribution in [-0.2, 0) is 22.6 Å². The number of rotatable bonds is 8. The monoisotopic (exact) mass is 534 g/mol. The fraction of sp³-hybridized carbons (Fsp3) is 0.636. The second-order valence-electron chi connectivity index (χ2n) is 8.97. The van der Waals surface area contributed by atoms with E-state index in [1.807, 2.05) is 48.5 Å². The molecule has 0 saturated carbocycles. The third-order valence-electron chi connectivity index (χ3n) is 3.83. The van der Waals surface area contributed by atoms with Crippen LogP contribution in [0.4, 0.5) is 4.79 Å². The molecular weight excluding hydrogens is 495 g/mol. The maximum absolute atomic E-state index is 12.0. The number of amides is 1. The molecule has 0 spiro atoms. The zero-order valence-corrected chi connectivity index (χ0v) is 21.9. The van der Waals surface area contributed by atoms with Gasteiger partial charge in [-0.25, -0.2) is 4.79 Å². The first-order valence-electron chi connectivity index (χ1n) is 10.1. The van der Waals surface area contributed by atoms with Crippen LogP contribution in [0.1, 0.15) is 59.6 Å². The molecule has 3 N–H and O–H groups in total. The molecule has 1 aromatic rings. The number of guanidine groups is 1. The first-order valence-corrected chi connectivity index (χ1v) is 10.1. The summed E-state index contributed by atoms with van der Waals surface area (Å²) in [5, 5.41) is 9.40. The van der Waals surface area contributed by atoms with E-state index in [0.717, 1.165) is 11.1 Å². The van der Waals surface area contributed by atoms with E-state index < -0.39 is 17.2 Å². The molecule has 0 heterocycles. The largest absolute Gasteiger partial charge is 0.444 e. The van der Waals surface area contributed by atoms with Crippen molar-refractivity contribution in [2.75, 3.05) is 13.6 Å². The molecule has 8 heteroatoms.